The van der Waals surface area contributed by atoms with E-state index in [1.165, 1.54) is 5.56 Å². The van der Waals surface area contributed by atoms with Gasteiger partial charge in [0.25, 0.3) is 5.91 Å². The SMILES string of the molecule is Cc1csc(-c2ccc(C(=O)NCCc3ccc(-n4cccn4)cc3)cc2)n1. The minimum atomic E-state index is -0.0602. The Morgan fingerprint density at radius 3 is 2.54 bits per heavy atom. The number of aromatic nitrogens is 3. The Balaban J connectivity index is 1.30. The molecule has 0 saturated carbocycles. The van der Waals surface area contributed by atoms with Crippen molar-refractivity contribution in [1.82, 2.24) is 20.1 Å². The quantitative estimate of drug-likeness (QED) is 0.536. The van der Waals surface area contributed by atoms with Crippen LogP contribution in [-0.4, -0.2) is 27.2 Å². The molecule has 2 aromatic carbocycles. The van der Waals surface area contributed by atoms with Crippen molar-refractivity contribution in [3.8, 4) is 16.3 Å². The molecule has 0 aliphatic heterocycles. The second-order valence-corrected chi connectivity index (χ2v) is 7.35. The lowest BCUT2D eigenvalue weighted by Crippen LogP contribution is -2.25. The number of benzene rings is 2. The Bertz CT molecular complexity index is 1050. The van der Waals surface area contributed by atoms with Gasteiger partial charge in [-0.05, 0) is 49.2 Å². The zero-order valence-corrected chi connectivity index (χ0v) is 16.3. The molecule has 1 N–H and O–H groups in total. The van der Waals surface area contributed by atoms with E-state index in [4.69, 9.17) is 0 Å². The average molecular weight is 388 g/mol. The maximum Gasteiger partial charge on any atom is 0.251 e. The normalized spacial score (nSPS) is 10.8. The van der Waals surface area contributed by atoms with Crippen molar-refractivity contribution < 1.29 is 4.79 Å². The lowest BCUT2D eigenvalue weighted by Gasteiger charge is -2.07. The standard InChI is InChI=1S/C22H20N4OS/c1-16-15-28-22(25-16)19-7-5-18(6-8-19)21(27)23-13-11-17-3-9-20(10-4-17)26-14-2-12-24-26/h2-10,12,14-15H,11,13H2,1H3,(H,23,27). The molecule has 28 heavy (non-hydrogen) atoms. The first-order valence-electron chi connectivity index (χ1n) is 9.09. The van der Waals surface area contributed by atoms with Crippen molar-refractivity contribution in [1.29, 1.82) is 0 Å². The highest BCUT2D eigenvalue weighted by Gasteiger charge is 2.07. The Kier molecular flexibility index (Phi) is 5.30. The lowest BCUT2D eigenvalue weighted by atomic mass is 10.1. The van der Waals surface area contributed by atoms with Crippen LogP contribution < -0.4 is 5.32 Å². The van der Waals surface area contributed by atoms with Crippen molar-refractivity contribution in [3.63, 3.8) is 0 Å². The van der Waals surface area contributed by atoms with Gasteiger partial charge in [-0.25, -0.2) is 9.67 Å². The number of thiazole rings is 1. The maximum atomic E-state index is 12.4. The van der Waals surface area contributed by atoms with Crippen LogP contribution in [0.3, 0.4) is 0 Å². The summed E-state index contributed by atoms with van der Waals surface area (Å²) in [5.74, 6) is -0.0602. The van der Waals surface area contributed by atoms with Crippen LogP contribution >= 0.6 is 11.3 Å². The van der Waals surface area contributed by atoms with Crippen LogP contribution in [0.25, 0.3) is 16.3 Å². The third kappa shape index (κ3) is 4.18. The molecule has 4 rings (SSSR count). The van der Waals surface area contributed by atoms with Gasteiger partial charge in [0.15, 0.2) is 0 Å². The molecule has 140 valence electrons. The third-order valence-corrected chi connectivity index (χ3v) is 5.43. The summed E-state index contributed by atoms with van der Waals surface area (Å²) in [7, 11) is 0. The topological polar surface area (TPSA) is 59.8 Å². The smallest absolute Gasteiger partial charge is 0.251 e. The van der Waals surface area contributed by atoms with Gasteiger partial charge in [-0.3, -0.25) is 4.79 Å². The number of hydrogen-bond acceptors (Lipinski definition) is 4. The van der Waals surface area contributed by atoms with Crippen LogP contribution in [0, 0.1) is 6.92 Å². The second kappa shape index (κ2) is 8.19. The number of carbonyl (C=O) groups excluding carboxylic acids is 1. The van der Waals surface area contributed by atoms with Crippen LogP contribution in [0.5, 0.6) is 0 Å². The summed E-state index contributed by atoms with van der Waals surface area (Å²) in [5.41, 5.74) is 4.90. The Labute approximate surface area is 167 Å². The molecule has 2 aromatic heterocycles. The highest BCUT2D eigenvalue weighted by Crippen LogP contribution is 2.23. The van der Waals surface area contributed by atoms with E-state index in [0.29, 0.717) is 12.1 Å². The number of nitrogens with one attached hydrogen (secondary N) is 1. The molecule has 0 unspecified atom stereocenters. The molecule has 2 heterocycles. The highest BCUT2D eigenvalue weighted by atomic mass is 32.1. The zero-order valence-electron chi connectivity index (χ0n) is 15.5. The summed E-state index contributed by atoms with van der Waals surface area (Å²) in [4.78, 5) is 16.8. The van der Waals surface area contributed by atoms with Gasteiger partial charge >= 0.3 is 0 Å². The fourth-order valence-corrected chi connectivity index (χ4v) is 3.71. The molecular formula is C22H20N4OS. The first-order valence-corrected chi connectivity index (χ1v) is 9.97. The first-order chi connectivity index (χ1) is 13.7. The third-order valence-electron chi connectivity index (χ3n) is 4.42. The van der Waals surface area contributed by atoms with Crippen molar-refractivity contribution in [2.75, 3.05) is 6.54 Å². The van der Waals surface area contributed by atoms with E-state index < -0.39 is 0 Å². The van der Waals surface area contributed by atoms with Crippen LogP contribution in [0.15, 0.2) is 72.4 Å². The van der Waals surface area contributed by atoms with Gasteiger partial charge in [-0.15, -0.1) is 11.3 Å². The molecule has 0 saturated heterocycles. The Hall–Kier alpha value is -3.25. The summed E-state index contributed by atoms with van der Waals surface area (Å²) in [6.07, 6.45) is 4.45. The van der Waals surface area contributed by atoms with Crippen LogP contribution in [0.2, 0.25) is 0 Å². The predicted molar refractivity (Wildman–Crippen MR) is 112 cm³/mol. The summed E-state index contributed by atoms with van der Waals surface area (Å²) in [6.45, 7) is 2.57. The highest BCUT2D eigenvalue weighted by molar-refractivity contribution is 7.13. The number of nitrogens with zero attached hydrogens (tertiary/aromatic N) is 3. The minimum Gasteiger partial charge on any atom is -0.352 e. The molecular weight excluding hydrogens is 368 g/mol. The lowest BCUT2D eigenvalue weighted by molar-refractivity contribution is 0.0954. The molecule has 5 nitrogen and oxygen atoms in total. The molecule has 0 aliphatic rings. The average Bonchev–Trinajstić information content (AvgIpc) is 3.41. The number of hydrogen-bond donors (Lipinski definition) is 1. The fourth-order valence-electron chi connectivity index (χ4n) is 2.91. The van der Waals surface area contributed by atoms with E-state index in [9.17, 15) is 4.79 Å². The van der Waals surface area contributed by atoms with Crippen molar-refractivity contribution in [2.24, 2.45) is 0 Å². The van der Waals surface area contributed by atoms with E-state index in [2.05, 4.69) is 27.5 Å². The zero-order chi connectivity index (χ0) is 19.3. The van der Waals surface area contributed by atoms with E-state index >= 15 is 0 Å². The van der Waals surface area contributed by atoms with Gasteiger partial charge in [0, 0.05) is 41.1 Å². The molecule has 0 atom stereocenters. The molecule has 0 radical (unpaired) electrons. The van der Waals surface area contributed by atoms with Crippen LogP contribution in [-0.2, 0) is 6.42 Å². The summed E-state index contributed by atoms with van der Waals surface area (Å²) in [5, 5.41) is 10.2. The van der Waals surface area contributed by atoms with Crippen LogP contribution in [0.4, 0.5) is 0 Å². The molecule has 0 fully saturated rings. The minimum absolute atomic E-state index is 0.0602. The van der Waals surface area contributed by atoms with Gasteiger partial charge in [-0.2, -0.15) is 5.10 Å². The Morgan fingerprint density at radius 2 is 1.89 bits per heavy atom. The van der Waals surface area contributed by atoms with Gasteiger partial charge in [0.05, 0.1) is 5.69 Å². The molecule has 0 bridgehead atoms. The maximum absolute atomic E-state index is 12.4. The first kappa shape index (κ1) is 18.1. The molecule has 0 aliphatic carbocycles. The predicted octanol–water partition coefficient (Wildman–Crippen LogP) is 4.28. The largest absolute Gasteiger partial charge is 0.352 e. The number of amides is 1. The molecule has 1 amide bonds. The number of carbonyl (C=O) groups is 1. The fraction of sp³-hybridized carbons (Fsp3) is 0.136. The van der Waals surface area contributed by atoms with Crippen LogP contribution in [0.1, 0.15) is 21.6 Å². The van der Waals surface area contributed by atoms with E-state index in [1.54, 1.807) is 17.5 Å². The van der Waals surface area contributed by atoms with Crippen molar-refractivity contribution >= 4 is 17.2 Å². The van der Waals surface area contributed by atoms with Gasteiger partial charge < -0.3 is 5.32 Å². The van der Waals surface area contributed by atoms with Gasteiger partial charge in [-0.1, -0.05) is 24.3 Å². The summed E-state index contributed by atoms with van der Waals surface area (Å²) in [6, 6.07) is 17.7. The monoisotopic (exact) mass is 388 g/mol. The molecule has 0 spiro atoms. The van der Waals surface area contributed by atoms with E-state index in [-0.39, 0.29) is 5.91 Å². The second-order valence-electron chi connectivity index (χ2n) is 6.49. The molecule has 4 aromatic rings. The van der Waals surface area contributed by atoms with Gasteiger partial charge in [0.1, 0.15) is 5.01 Å². The summed E-state index contributed by atoms with van der Waals surface area (Å²) < 4.78 is 1.82. The van der Waals surface area contributed by atoms with E-state index in [1.807, 2.05) is 65.6 Å². The van der Waals surface area contributed by atoms with Gasteiger partial charge in [0.2, 0.25) is 0 Å². The van der Waals surface area contributed by atoms with E-state index in [0.717, 1.165) is 28.4 Å². The Morgan fingerprint density at radius 1 is 1.11 bits per heavy atom. The number of rotatable bonds is 6. The van der Waals surface area contributed by atoms with Crippen molar-refractivity contribution in [3.05, 3.63) is 89.2 Å². The molecule has 6 heteroatoms. The summed E-state index contributed by atoms with van der Waals surface area (Å²) >= 11 is 1.61. The number of aryl methyl sites for hydroxylation is 1. The van der Waals surface area contributed by atoms with Crippen molar-refractivity contribution in [2.45, 2.75) is 13.3 Å².